The lowest BCUT2D eigenvalue weighted by atomic mass is 9.82. The molecule has 3 saturated heterocycles. The molecule has 21 heteroatoms. The van der Waals surface area contributed by atoms with Crippen LogP contribution in [0.25, 0.3) is 0 Å². The van der Waals surface area contributed by atoms with Crippen molar-refractivity contribution in [3.8, 4) is 0 Å². The predicted molar refractivity (Wildman–Crippen MR) is 237 cm³/mol. The van der Waals surface area contributed by atoms with Crippen molar-refractivity contribution in [1.82, 2.24) is 16.0 Å². The van der Waals surface area contributed by atoms with E-state index >= 15 is 0 Å². The standard InChI is InChI=1S/C24H45N3O10.2C8H16O4.3CH4/c1-15(2)27-24(8-4-17(31)7-11-28,9-5-19(32)25-13-30)10-6-20(33)26-14-36-23-16(3)21(34)22(35)18(12-29)37-23;2*1-4-5(2)12-6(3-9)8(11)7(4)10;;;/h15-16,18,21-23,27-30,34-35H,4-14H2,1-3H3,(H,25,32)(H,26,33);2*4-11H,3H2,1-2H3;3*1H4/t16?,18?,21-,22+,23-,24?;2*4?,5-,6?,7+,8-;;;/m100.../s1. The Morgan fingerprint density at radius 2 is 0.953 bits per heavy atom. The van der Waals surface area contributed by atoms with Crippen molar-refractivity contribution in [3.63, 3.8) is 0 Å². The fourth-order valence-corrected chi connectivity index (χ4v) is 7.30. The number of carbonyl (C=O) groups is 3. The minimum absolute atomic E-state index is 0. The Bertz CT molecular complexity index is 1190. The number of amides is 2. The molecule has 3 fully saturated rings. The number of hydrogen-bond acceptors (Lipinski definition) is 19. The summed E-state index contributed by atoms with van der Waals surface area (Å²) in [6.07, 6.45) is -8.12. The van der Waals surface area contributed by atoms with Crippen LogP contribution in [0.3, 0.4) is 0 Å². The van der Waals surface area contributed by atoms with Crippen molar-refractivity contribution in [2.24, 2.45) is 17.8 Å². The molecular weight excluding hydrogens is 846 g/mol. The van der Waals surface area contributed by atoms with Crippen molar-refractivity contribution in [1.29, 1.82) is 0 Å². The average molecular weight is 936 g/mol. The lowest BCUT2D eigenvalue weighted by Crippen LogP contribution is -2.55. The van der Waals surface area contributed by atoms with Crippen LogP contribution in [0.4, 0.5) is 0 Å². The largest absolute Gasteiger partial charge is 0.396 e. The molecule has 16 atom stereocenters. The molecule has 3 aliphatic heterocycles. The molecule has 0 radical (unpaired) electrons. The molecular formula is C43H89N3O18. The first-order valence-electron chi connectivity index (χ1n) is 21.2. The van der Waals surface area contributed by atoms with Gasteiger partial charge >= 0.3 is 0 Å². The molecule has 0 saturated carbocycles. The molecule has 14 N–H and O–H groups in total. The molecule has 64 heavy (non-hydrogen) atoms. The van der Waals surface area contributed by atoms with E-state index in [-0.39, 0.29) is 122 Å². The second-order valence-corrected chi connectivity index (χ2v) is 16.6. The molecule has 0 aromatic heterocycles. The van der Waals surface area contributed by atoms with Crippen molar-refractivity contribution >= 4 is 17.6 Å². The fraction of sp³-hybridized carbons (Fsp3) is 0.930. The Kier molecular flexibility index (Phi) is 34.6. The lowest BCUT2D eigenvalue weighted by Gasteiger charge is -2.40. The SMILES string of the molecule is C.C.C.CC(C)NC(CCC(=O)CCO)(CCC(=O)NCO)CCC(=O)NCO[C@@H]1OC(CO)[C@H](O)[C@H](O)C1C.CC1[C@H](C)OC(CO)[C@H](O)[C@@H]1O.CC1[C@H](C)OC(CO)[C@H](O)[C@@H]1O. The van der Waals surface area contributed by atoms with Gasteiger partial charge in [0.15, 0.2) is 6.29 Å². The molecule has 21 nitrogen and oxygen atoms in total. The summed E-state index contributed by atoms with van der Waals surface area (Å²) < 4.78 is 21.5. The number of nitrogens with one attached hydrogen (secondary N) is 3. The number of aliphatic hydroxyl groups excluding tert-OH is 11. The Labute approximate surface area is 380 Å². The molecule has 0 spiro atoms. The highest BCUT2D eigenvalue weighted by molar-refractivity contribution is 5.79. The molecule has 2 amide bonds. The molecule has 0 bridgehead atoms. The number of aliphatic hydroxyl groups is 11. The number of ketones is 1. The van der Waals surface area contributed by atoms with Gasteiger partial charge in [-0.15, -0.1) is 0 Å². The summed E-state index contributed by atoms with van der Waals surface area (Å²) >= 11 is 0. The van der Waals surface area contributed by atoms with Gasteiger partial charge in [-0.2, -0.15) is 0 Å². The maximum Gasteiger partial charge on any atom is 0.221 e. The topological polar surface area (TPSA) is 347 Å². The third-order valence-corrected chi connectivity index (χ3v) is 11.7. The summed E-state index contributed by atoms with van der Waals surface area (Å²) in [6, 6.07) is -0.00794. The van der Waals surface area contributed by atoms with E-state index in [4.69, 9.17) is 39.4 Å². The normalized spacial score (nSPS) is 33.2. The van der Waals surface area contributed by atoms with E-state index in [1.54, 1.807) is 6.92 Å². The van der Waals surface area contributed by atoms with Gasteiger partial charge in [-0.3, -0.25) is 14.4 Å². The van der Waals surface area contributed by atoms with Crippen LogP contribution in [0.5, 0.6) is 0 Å². The summed E-state index contributed by atoms with van der Waals surface area (Å²) in [5, 5.41) is 111. The van der Waals surface area contributed by atoms with Crippen molar-refractivity contribution < 1.29 is 89.5 Å². The highest BCUT2D eigenvalue weighted by atomic mass is 16.7. The first-order chi connectivity index (χ1) is 28.6. The summed E-state index contributed by atoms with van der Waals surface area (Å²) in [7, 11) is 0. The Morgan fingerprint density at radius 1 is 0.562 bits per heavy atom. The Balaban J connectivity index is -0.00000112. The molecule has 3 rings (SSSR count). The Morgan fingerprint density at radius 3 is 1.34 bits per heavy atom. The molecule has 3 aliphatic rings. The van der Waals surface area contributed by atoms with E-state index in [2.05, 4.69) is 16.0 Å². The van der Waals surface area contributed by atoms with Crippen LogP contribution in [-0.2, 0) is 33.3 Å². The lowest BCUT2D eigenvalue weighted by molar-refractivity contribution is -0.283. The zero-order chi connectivity index (χ0) is 46.6. The summed E-state index contributed by atoms with van der Waals surface area (Å²) in [5.74, 6) is -1.61. The van der Waals surface area contributed by atoms with Gasteiger partial charge in [0.1, 0.15) is 55.9 Å². The maximum atomic E-state index is 12.6. The molecule has 384 valence electrons. The van der Waals surface area contributed by atoms with E-state index < -0.39 is 86.0 Å². The van der Waals surface area contributed by atoms with Crippen LogP contribution in [0.15, 0.2) is 0 Å². The fourth-order valence-electron chi connectivity index (χ4n) is 7.30. The average Bonchev–Trinajstić information content (AvgIpc) is 3.22. The van der Waals surface area contributed by atoms with Gasteiger partial charge in [0.25, 0.3) is 0 Å². The van der Waals surface area contributed by atoms with Crippen molar-refractivity contribution in [3.05, 3.63) is 0 Å². The number of ether oxygens (including phenoxy) is 4. The maximum absolute atomic E-state index is 12.6. The number of Topliss-reactive ketones (excluding diaryl/α,β-unsaturated/α-hetero) is 1. The van der Waals surface area contributed by atoms with E-state index in [1.165, 1.54) is 0 Å². The minimum atomic E-state index is -1.25. The van der Waals surface area contributed by atoms with Crippen molar-refractivity contribution in [2.75, 3.05) is 39.9 Å². The zero-order valence-electron chi connectivity index (χ0n) is 36.7. The summed E-state index contributed by atoms with van der Waals surface area (Å²) in [4.78, 5) is 36.7. The summed E-state index contributed by atoms with van der Waals surface area (Å²) in [6.45, 7) is 10.7. The smallest absolute Gasteiger partial charge is 0.221 e. The van der Waals surface area contributed by atoms with Gasteiger partial charge in [0, 0.05) is 61.6 Å². The number of rotatable bonds is 20. The quantitative estimate of drug-likeness (QED) is 0.0612. The van der Waals surface area contributed by atoms with Gasteiger partial charge in [-0.1, -0.05) is 56.9 Å². The third-order valence-electron chi connectivity index (χ3n) is 11.7. The van der Waals surface area contributed by atoms with Gasteiger partial charge in [-0.25, -0.2) is 0 Å². The van der Waals surface area contributed by atoms with E-state index in [1.807, 2.05) is 41.5 Å². The monoisotopic (exact) mass is 936 g/mol. The third kappa shape index (κ3) is 21.3. The van der Waals surface area contributed by atoms with Gasteiger partial charge in [0.05, 0.1) is 50.3 Å². The summed E-state index contributed by atoms with van der Waals surface area (Å²) in [5.41, 5.74) is -0.722. The molecule has 3 heterocycles. The number of carbonyl (C=O) groups excluding carboxylic acids is 3. The highest BCUT2D eigenvalue weighted by Gasteiger charge is 2.43. The first-order valence-corrected chi connectivity index (χ1v) is 21.2. The van der Waals surface area contributed by atoms with Crippen LogP contribution in [-0.4, -0.2) is 199 Å². The Hall–Kier alpha value is -2.03. The van der Waals surface area contributed by atoms with E-state index in [0.29, 0.717) is 19.3 Å². The molecule has 0 aliphatic carbocycles. The molecule has 0 aromatic carbocycles. The second-order valence-electron chi connectivity index (χ2n) is 16.6. The first kappa shape index (κ1) is 66.2. The van der Waals surface area contributed by atoms with Crippen LogP contribution >= 0.6 is 0 Å². The minimum Gasteiger partial charge on any atom is -0.396 e. The van der Waals surface area contributed by atoms with Crippen LogP contribution in [0.1, 0.15) is 116 Å². The molecule has 0 aromatic rings. The predicted octanol–water partition coefficient (Wildman–Crippen LogP) is -1.60. The van der Waals surface area contributed by atoms with E-state index in [0.717, 1.165) is 0 Å². The second kappa shape index (κ2) is 33.4. The van der Waals surface area contributed by atoms with Gasteiger partial charge in [-0.05, 0) is 33.1 Å². The molecule has 7 unspecified atom stereocenters. The number of hydrogen-bond donors (Lipinski definition) is 14. The van der Waals surface area contributed by atoms with E-state index in [9.17, 15) is 50.1 Å². The highest BCUT2D eigenvalue weighted by Crippen LogP contribution is 2.29. The van der Waals surface area contributed by atoms with Crippen LogP contribution in [0, 0.1) is 17.8 Å². The van der Waals surface area contributed by atoms with Gasteiger partial charge in [0.2, 0.25) is 11.8 Å². The van der Waals surface area contributed by atoms with Crippen molar-refractivity contribution in [2.45, 2.75) is 201 Å². The van der Waals surface area contributed by atoms with Gasteiger partial charge < -0.3 is 91.1 Å². The van der Waals surface area contributed by atoms with Crippen LogP contribution in [0.2, 0.25) is 0 Å². The zero-order valence-corrected chi connectivity index (χ0v) is 36.7. The van der Waals surface area contributed by atoms with Crippen LogP contribution < -0.4 is 16.0 Å².